The van der Waals surface area contributed by atoms with Crippen LogP contribution in [0.2, 0.25) is 0 Å². The van der Waals surface area contributed by atoms with Crippen LogP contribution in [-0.2, 0) is 9.59 Å². The van der Waals surface area contributed by atoms with E-state index in [9.17, 15) is 9.59 Å². The molecule has 0 heterocycles. The smallest absolute Gasteiger partial charge is 0.246 e. The highest BCUT2D eigenvalue weighted by molar-refractivity contribution is 5.96. The van der Waals surface area contributed by atoms with Gasteiger partial charge in [0.2, 0.25) is 11.8 Å². The van der Waals surface area contributed by atoms with Gasteiger partial charge in [-0.15, -0.1) is 0 Å². The fourth-order valence-corrected chi connectivity index (χ4v) is 2.80. The van der Waals surface area contributed by atoms with Crippen molar-refractivity contribution in [2.45, 2.75) is 19.9 Å². The Hall–Kier alpha value is -3.60. The molecule has 0 spiro atoms. The zero-order chi connectivity index (χ0) is 19.9. The second kappa shape index (κ2) is 8.86. The molecule has 0 aliphatic heterocycles. The monoisotopic (exact) mass is 373 g/mol. The first-order chi connectivity index (χ1) is 13.5. The van der Waals surface area contributed by atoms with E-state index in [0.717, 1.165) is 16.8 Å². The Bertz CT molecular complexity index is 936. The Morgan fingerprint density at radius 3 is 1.75 bits per heavy atom. The predicted molar refractivity (Wildman–Crippen MR) is 114 cm³/mol. The summed E-state index contributed by atoms with van der Waals surface area (Å²) in [5.41, 5.74) is 4.52. The van der Waals surface area contributed by atoms with Gasteiger partial charge in [0.05, 0.1) is 0 Å². The molecule has 0 fully saturated rings. The summed E-state index contributed by atoms with van der Waals surface area (Å²) in [6.07, 6.45) is 0. The molecular formula is C23H23N3O2. The fraction of sp³-hybridized carbons (Fsp3) is 0.130. The number of hydrogen-bond donors (Lipinski definition) is 3. The molecule has 3 rings (SSSR count). The molecule has 3 aromatic carbocycles. The average molecular weight is 373 g/mol. The number of carbonyl (C=O) groups excluding carboxylic acids is 2. The molecule has 0 aliphatic carbocycles. The van der Waals surface area contributed by atoms with Gasteiger partial charge in [-0.3, -0.25) is 9.59 Å². The van der Waals surface area contributed by atoms with E-state index in [1.807, 2.05) is 49.4 Å². The number of carbonyl (C=O) groups is 2. The van der Waals surface area contributed by atoms with Gasteiger partial charge in [-0.1, -0.05) is 42.5 Å². The Morgan fingerprint density at radius 1 is 0.679 bits per heavy atom. The van der Waals surface area contributed by atoms with E-state index in [2.05, 4.69) is 28.1 Å². The topological polar surface area (TPSA) is 70.2 Å². The fourth-order valence-electron chi connectivity index (χ4n) is 2.80. The molecule has 28 heavy (non-hydrogen) atoms. The van der Waals surface area contributed by atoms with Crippen molar-refractivity contribution in [1.29, 1.82) is 0 Å². The van der Waals surface area contributed by atoms with Crippen LogP contribution in [0, 0.1) is 0 Å². The number of nitrogens with one attached hydrogen (secondary N) is 3. The van der Waals surface area contributed by atoms with Gasteiger partial charge in [0.25, 0.3) is 0 Å². The van der Waals surface area contributed by atoms with Crippen LogP contribution >= 0.6 is 0 Å². The summed E-state index contributed by atoms with van der Waals surface area (Å²) in [4.78, 5) is 23.5. The minimum Gasteiger partial charge on any atom is -0.374 e. The van der Waals surface area contributed by atoms with Crippen molar-refractivity contribution in [1.82, 2.24) is 0 Å². The van der Waals surface area contributed by atoms with Crippen molar-refractivity contribution in [3.05, 3.63) is 78.9 Å². The first-order valence-electron chi connectivity index (χ1n) is 9.12. The second-order valence-corrected chi connectivity index (χ2v) is 6.56. The molecule has 2 amide bonds. The van der Waals surface area contributed by atoms with Crippen molar-refractivity contribution < 1.29 is 9.59 Å². The lowest BCUT2D eigenvalue weighted by Crippen LogP contribution is -2.31. The van der Waals surface area contributed by atoms with Crippen LogP contribution in [-0.4, -0.2) is 17.9 Å². The van der Waals surface area contributed by atoms with Crippen LogP contribution in [0.4, 0.5) is 17.1 Å². The Kier molecular flexibility index (Phi) is 6.07. The molecule has 0 unspecified atom stereocenters. The van der Waals surface area contributed by atoms with Crippen molar-refractivity contribution in [2.75, 3.05) is 16.0 Å². The molecule has 0 bridgehead atoms. The van der Waals surface area contributed by atoms with Crippen LogP contribution in [0.5, 0.6) is 0 Å². The zero-order valence-electron chi connectivity index (χ0n) is 15.9. The molecule has 0 aromatic heterocycles. The number of anilines is 3. The highest BCUT2D eigenvalue weighted by Crippen LogP contribution is 2.21. The highest BCUT2D eigenvalue weighted by Gasteiger charge is 2.13. The summed E-state index contributed by atoms with van der Waals surface area (Å²) in [5, 5.41) is 8.77. The molecule has 0 saturated heterocycles. The third-order valence-corrected chi connectivity index (χ3v) is 4.24. The van der Waals surface area contributed by atoms with Crippen molar-refractivity contribution in [3.8, 4) is 11.1 Å². The van der Waals surface area contributed by atoms with Gasteiger partial charge in [0.1, 0.15) is 6.04 Å². The van der Waals surface area contributed by atoms with Crippen LogP contribution in [0.25, 0.3) is 11.1 Å². The first kappa shape index (κ1) is 19.2. The summed E-state index contributed by atoms with van der Waals surface area (Å²) >= 11 is 0. The molecule has 5 heteroatoms. The lowest BCUT2D eigenvalue weighted by molar-refractivity contribution is -0.116. The molecule has 142 valence electrons. The van der Waals surface area contributed by atoms with E-state index >= 15 is 0 Å². The lowest BCUT2D eigenvalue weighted by atomic mass is 10.1. The second-order valence-electron chi connectivity index (χ2n) is 6.56. The van der Waals surface area contributed by atoms with Crippen molar-refractivity contribution >= 4 is 28.9 Å². The third-order valence-electron chi connectivity index (χ3n) is 4.24. The maximum Gasteiger partial charge on any atom is 0.246 e. The van der Waals surface area contributed by atoms with Crippen molar-refractivity contribution in [3.63, 3.8) is 0 Å². The average Bonchev–Trinajstić information content (AvgIpc) is 2.70. The SMILES string of the molecule is CC(=O)Nc1ccc(NC(=O)[C@H](C)Nc2ccc(-c3ccccc3)cc2)cc1. The number of amides is 2. The van der Waals surface area contributed by atoms with E-state index < -0.39 is 6.04 Å². The first-order valence-corrected chi connectivity index (χ1v) is 9.12. The summed E-state index contributed by atoms with van der Waals surface area (Å²) < 4.78 is 0. The molecule has 0 saturated carbocycles. The Morgan fingerprint density at radius 2 is 1.18 bits per heavy atom. The van der Waals surface area contributed by atoms with E-state index in [0.29, 0.717) is 11.4 Å². The Labute approximate surface area is 164 Å². The summed E-state index contributed by atoms with van der Waals surface area (Å²) in [5.74, 6) is -0.271. The van der Waals surface area contributed by atoms with Gasteiger partial charge in [-0.25, -0.2) is 0 Å². The van der Waals surface area contributed by atoms with Crippen LogP contribution in [0.1, 0.15) is 13.8 Å². The number of hydrogen-bond acceptors (Lipinski definition) is 3. The van der Waals surface area contributed by atoms with Crippen LogP contribution in [0.3, 0.4) is 0 Å². The predicted octanol–water partition coefficient (Wildman–Crippen LogP) is 4.75. The van der Waals surface area contributed by atoms with Gasteiger partial charge in [0, 0.05) is 24.0 Å². The molecule has 3 aromatic rings. The van der Waals surface area contributed by atoms with Crippen LogP contribution < -0.4 is 16.0 Å². The standard InChI is InChI=1S/C23H23N3O2/c1-16(23(28)26-22-14-12-21(13-15-22)25-17(2)27)24-20-10-8-19(9-11-20)18-6-4-3-5-7-18/h3-16,24H,1-2H3,(H,25,27)(H,26,28)/t16-/m0/s1. The minimum atomic E-state index is -0.405. The van der Waals surface area contributed by atoms with Crippen molar-refractivity contribution in [2.24, 2.45) is 0 Å². The zero-order valence-corrected chi connectivity index (χ0v) is 15.9. The largest absolute Gasteiger partial charge is 0.374 e. The molecule has 0 aliphatic rings. The third kappa shape index (κ3) is 5.20. The van der Waals surface area contributed by atoms with Gasteiger partial charge < -0.3 is 16.0 Å². The summed E-state index contributed by atoms with van der Waals surface area (Å²) in [6.45, 7) is 3.27. The molecule has 3 N–H and O–H groups in total. The van der Waals surface area contributed by atoms with Crippen LogP contribution in [0.15, 0.2) is 78.9 Å². The van der Waals surface area contributed by atoms with E-state index in [1.54, 1.807) is 24.3 Å². The van der Waals surface area contributed by atoms with E-state index in [1.165, 1.54) is 6.92 Å². The summed E-state index contributed by atoms with van der Waals surface area (Å²) in [6, 6.07) is 24.7. The lowest BCUT2D eigenvalue weighted by Gasteiger charge is -2.16. The molecule has 1 atom stereocenters. The van der Waals surface area contributed by atoms with Gasteiger partial charge in [-0.2, -0.15) is 0 Å². The maximum atomic E-state index is 12.4. The summed E-state index contributed by atoms with van der Waals surface area (Å²) in [7, 11) is 0. The maximum absolute atomic E-state index is 12.4. The number of rotatable bonds is 6. The normalized spacial score (nSPS) is 11.4. The van der Waals surface area contributed by atoms with Gasteiger partial charge in [0.15, 0.2) is 0 Å². The van der Waals surface area contributed by atoms with E-state index in [-0.39, 0.29) is 11.8 Å². The quantitative estimate of drug-likeness (QED) is 0.584. The highest BCUT2D eigenvalue weighted by atomic mass is 16.2. The van der Waals surface area contributed by atoms with E-state index in [4.69, 9.17) is 0 Å². The minimum absolute atomic E-state index is 0.132. The number of benzene rings is 3. The van der Waals surface area contributed by atoms with Gasteiger partial charge in [-0.05, 0) is 54.4 Å². The molecular weight excluding hydrogens is 350 g/mol. The molecule has 5 nitrogen and oxygen atoms in total. The van der Waals surface area contributed by atoms with Gasteiger partial charge >= 0.3 is 0 Å². The molecule has 0 radical (unpaired) electrons. The Balaban J connectivity index is 1.57.